The molecule has 21 heavy (non-hydrogen) atoms. The van der Waals surface area contributed by atoms with Gasteiger partial charge in [0.15, 0.2) is 8.32 Å². The van der Waals surface area contributed by atoms with Gasteiger partial charge in [0.1, 0.15) is 0 Å². The predicted octanol–water partition coefficient (Wildman–Crippen LogP) is 3.66. The van der Waals surface area contributed by atoms with Crippen LogP contribution in [0.5, 0.6) is 0 Å². The van der Waals surface area contributed by atoms with Gasteiger partial charge in [-0.05, 0) is 50.9 Å². The van der Waals surface area contributed by atoms with E-state index in [9.17, 15) is 9.90 Å². The Morgan fingerprint density at radius 3 is 2.33 bits per heavy atom. The van der Waals surface area contributed by atoms with Crippen LogP contribution in [0.3, 0.4) is 0 Å². The second kappa shape index (κ2) is 8.71. The van der Waals surface area contributed by atoms with Crippen molar-refractivity contribution in [1.29, 1.82) is 0 Å². The van der Waals surface area contributed by atoms with Gasteiger partial charge < -0.3 is 14.3 Å². The van der Waals surface area contributed by atoms with Crippen LogP contribution in [-0.2, 0) is 14.0 Å². The third-order valence-electron chi connectivity index (χ3n) is 3.91. The number of aliphatic hydroxyl groups is 1. The molecular formula is C16H32O4Si. The van der Waals surface area contributed by atoms with Crippen LogP contribution in [0.25, 0.3) is 0 Å². The van der Waals surface area contributed by atoms with Gasteiger partial charge in [-0.15, -0.1) is 0 Å². The minimum Gasteiger partial charge on any atom is -0.463 e. The average molecular weight is 317 g/mol. The number of aliphatic hydroxyl groups excluding tert-OH is 1. The summed E-state index contributed by atoms with van der Waals surface area (Å²) in [6.45, 7) is 15.2. The van der Waals surface area contributed by atoms with E-state index in [1.165, 1.54) is 12.2 Å². The van der Waals surface area contributed by atoms with Gasteiger partial charge in [-0.3, -0.25) is 0 Å². The van der Waals surface area contributed by atoms with Gasteiger partial charge in [-0.1, -0.05) is 20.8 Å². The lowest BCUT2D eigenvalue weighted by atomic mass is 10.1. The Morgan fingerprint density at radius 1 is 1.29 bits per heavy atom. The third kappa shape index (κ3) is 8.39. The molecule has 0 saturated heterocycles. The van der Waals surface area contributed by atoms with Crippen molar-refractivity contribution >= 4 is 14.3 Å². The number of carbonyl (C=O) groups excluding carboxylic acids is 1. The molecule has 4 nitrogen and oxygen atoms in total. The van der Waals surface area contributed by atoms with Crippen molar-refractivity contribution in [3.63, 3.8) is 0 Å². The molecule has 0 heterocycles. The molecular weight excluding hydrogens is 284 g/mol. The summed E-state index contributed by atoms with van der Waals surface area (Å²) in [4.78, 5) is 11.1. The third-order valence-corrected chi connectivity index (χ3v) is 8.52. The second-order valence-corrected chi connectivity index (χ2v) is 11.7. The molecule has 0 amide bonds. The van der Waals surface area contributed by atoms with Crippen LogP contribution in [0.4, 0.5) is 0 Å². The maximum absolute atomic E-state index is 11.1. The topological polar surface area (TPSA) is 55.8 Å². The number of esters is 1. The first-order valence-corrected chi connectivity index (χ1v) is 10.6. The van der Waals surface area contributed by atoms with Crippen LogP contribution in [0.1, 0.15) is 47.5 Å². The van der Waals surface area contributed by atoms with Crippen molar-refractivity contribution in [3.05, 3.63) is 12.2 Å². The van der Waals surface area contributed by atoms with E-state index in [4.69, 9.17) is 9.16 Å². The fraction of sp³-hybridized carbons (Fsp3) is 0.812. The van der Waals surface area contributed by atoms with Crippen molar-refractivity contribution in [3.8, 4) is 0 Å². The Labute approximate surface area is 130 Å². The minimum absolute atomic E-state index is 0.108. The normalized spacial score (nSPS) is 16.0. The van der Waals surface area contributed by atoms with E-state index in [0.717, 1.165) is 6.42 Å². The molecule has 1 N–H and O–H groups in total. The number of hydrogen-bond donors (Lipinski definition) is 1. The fourth-order valence-corrected chi connectivity index (χ4v) is 3.10. The van der Waals surface area contributed by atoms with E-state index < -0.39 is 20.4 Å². The van der Waals surface area contributed by atoms with Gasteiger partial charge in [0, 0.05) is 12.2 Å². The van der Waals surface area contributed by atoms with Gasteiger partial charge in [0.05, 0.1) is 12.7 Å². The summed E-state index contributed by atoms with van der Waals surface area (Å²) in [5, 5.41) is 10.0. The van der Waals surface area contributed by atoms with Crippen LogP contribution < -0.4 is 0 Å². The molecule has 0 bridgehead atoms. The lowest BCUT2D eigenvalue weighted by Crippen LogP contribution is -2.43. The van der Waals surface area contributed by atoms with Gasteiger partial charge in [0.25, 0.3) is 0 Å². The predicted molar refractivity (Wildman–Crippen MR) is 88.8 cm³/mol. The van der Waals surface area contributed by atoms with E-state index >= 15 is 0 Å². The molecule has 0 aliphatic rings. The first-order chi connectivity index (χ1) is 9.49. The quantitative estimate of drug-likeness (QED) is 0.422. The smallest absolute Gasteiger partial charge is 0.330 e. The van der Waals surface area contributed by atoms with Gasteiger partial charge in [-0.25, -0.2) is 4.79 Å². The summed E-state index contributed by atoms with van der Waals surface area (Å²) in [5.74, 6) is -0.415. The Bertz CT molecular complexity index is 345. The van der Waals surface area contributed by atoms with E-state index in [-0.39, 0.29) is 11.1 Å². The summed E-state index contributed by atoms with van der Waals surface area (Å²) in [7, 11) is -1.76. The lowest BCUT2D eigenvalue weighted by Gasteiger charge is -2.38. The molecule has 0 radical (unpaired) electrons. The van der Waals surface area contributed by atoms with Crippen molar-refractivity contribution in [2.24, 2.45) is 0 Å². The van der Waals surface area contributed by atoms with E-state index in [1.807, 2.05) is 6.92 Å². The molecule has 0 aromatic heterocycles. The van der Waals surface area contributed by atoms with Crippen LogP contribution in [0.2, 0.25) is 18.1 Å². The second-order valence-electron chi connectivity index (χ2n) is 6.94. The van der Waals surface area contributed by atoms with Crippen molar-refractivity contribution in [2.75, 3.05) is 6.61 Å². The molecule has 0 rings (SSSR count). The monoisotopic (exact) mass is 316 g/mol. The van der Waals surface area contributed by atoms with Crippen molar-refractivity contribution in [1.82, 2.24) is 0 Å². The van der Waals surface area contributed by atoms with Crippen LogP contribution in [-0.4, -0.2) is 38.2 Å². The summed E-state index contributed by atoms with van der Waals surface area (Å²) >= 11 is 0. The SMILES string of the molecule is CCOC(=O)C=C[C@H](O)CC[C@@H](C)O[Si](C)(C)C(C)(C)C. The zero-order valence-electron chi connectivity index (χ0n) is 14.6. The highest BCUT2D eigenvalue weighted by Gasteiger charge is 2.38. The van der Waals surface area contributed by atoms with Crippen LogP contribution >= 0.6 is 0 Å². The zero-order chi connectivity index (χ0) is 16.7. The fourth-order valence-electron chi connectivity index (χ4n) is 1.62. The van der Waals surface area contributed by atoms with E-state index in [1.54, 1.807) is 6.92 Å². The molecule has 124 valence electrons. The molecule has 0 aromatic carbocycles. The maximum atomic E-state index is 11.1. The standard InChI is InChI=1S/C16H32O4Si/c1-8-19-15(18)12-11-14(17)10-9-13(2)20-21(6,7)16(3,4)5/h11-14,17H,8-10H2,1-7H3/t13-,14-/m1/s1. The number of ether oxygens (including phenoxy) is 1. The highest BCUT2D eigenvalue weighted by atomic mass is 28.4. The van der Waals surface area contributed by atoms with Crippen LogP contribution in [0.15, 0.2) is 12.2 Å². The molecule has 2 atom stereocenters. The lowest BCUT2D eigenvalue weighted by molar-refractivity contribution is -0.137. The first-order valence-electron chi connectivity index (χ1n) is 7.70. The molecule has 0 unspecified atom stereocenters. The van der Waals surface area contributed by atoms with E-state index in [2.05, 4.69) is 33.9 Å². The molecule has 5 heteroatoms. The zero-order valence-corrected chi connectivity index (χ0v) is 15.6. The molecule has 0 saturated carbocycles. The Kier molecular flexibility index (Phi) is 8.44. The Morgan fingerprint density at radius 2 is 1.86 bits per heavy atom. The minimum atomic E-state index is -1.76. The molecule has 0 fully saturated rings. The number of carbonyl (C=O) groups is 1. The van der Waals surface area contributed by atoms with E-state index in [0.29, 0.717) is 13.0 Å². The average Bonchev–Trinajstić information content (AvgIpc) is 2.32. The first kappa shape index (κ1) is 20.3. The Hall–Kier alpha value is -0.653. The summed E-state index contributed by atoms with van der Waals surface area (Å²) in [6.07, 6.45) is 3.58. The van der Waals surface area contributed by atoms with Gasteiger partial charge in [-0.2, -0.15) is 0 Å². The highest BCUT2D eigenvalue weighted by Crippen LogP contribution is 2.37. The molecule has 0 aromatic rings. The maximum Gasteiger partial charge on any atom is 0.330 e. The Balaban J connectivity index is 4.19. The molecule has 0 spiro atoms. The summed E-state index contributed by atoms with van der Waals surface area (Å²) in [6, 6.07) is 0. The summed E-state index contributed by atoms with van der Waals surface area (Å²) < 4.78 is 11.0. The molecule has 0 aliphatic carbocycles. The van der Waals surface area contributed by atoms with Crippen molar-refractivity contribution < 1.29 is 19.1 Å². The van der Waals surface area contributed by atoms with Crippen molar-refractivity contribution in [2.45, 2.75) is 77.8 Å². The summed E-state index contributed by atoms with van der Waals surface area (Å²) in [5.41, 5.74) is 0. The number of rotatable bonds is 8. The largest absolute Gasteiger partial charge is 0.463 e. The molecule has 0 aliphatic heterocycles. The number of hydrogen-bond acceptors (Lipinski definition) is 4. The van der Waals surface area contributed by atoms with Gasteiger partial charge >= 0.3 is 5.97 Å². The highest BCUT2D eigenvalue weighted by molar-refractivity contribution is 6.74. The van der Waals surface area contributed by atoms with Gasteiger partial charge in [0.2, 0.25) is 0 Å². The van der Waals surface area contributed by atoms with Crippen LogP contribution in [0, 0.1) is 0 Å².